The molecule has 3 atom stereocenters. The summed E-state index contributed by atoms with van der Waals surface area (Å²) >= 11 is 1.64. The molecule has 0 saturated heterocycles. The Kier molecular flexibility index (Phi) is 3.98. The van der Waals surface area contributed by atoms with E-state index in [1.54, 1.807) is 11.3 Å². The van der Waals surface area contributed by atoms with Crippen molar-refractivity contribution >= 4 is 11.3 Å². The average molecular weight is 239 g/mol. The van der Waals surface area contributed by atoms with E-state index < -0.39 is 0 Å². The molecule has 1 aliphatic carbocycles. The lowest BCUT2D eigenvalue weighted by Crippen LogP contribution is -2.32. The van der Waals surface area contributed by atoms with E-state index in [1.807, 2.05) is 5.51 Å². The van der Waals surface area contributed by atoms with Crippen LogP contribution in [0.3, 0.4) is 0 Å². The molecule has 90 valence electrons. The predicted octanol–water partition coefficient (Wildman–Crippen LogP) is 3.12. The fourth-order valence-corrected chi connectivity index (χ4v) is 3.29. The quantitative estimate of drug-likeness (QED) is 0.879. The fourth-order valence-electron chi connectivity index (χ4n) is 2.72. The molecule has 1 aliphatic rings. The van der Waals surface area contributed by atoms with Crippen molar-refractivity contribution < 1.29 is 5.11 Å². The highest BCUT2D eigenvalue weighted by Crippen LogP contribution is 2.35. The third-order valence-electron chi connectivity index (χ3n) is 3.88. The van der Waals surface area contributed by atoms with Crippen molar-refractivity contribution in [1.82, 2.24) is 4.98 Å². The second kappa shape index (κ2) is 5.28. The van der Waals surface area contributed by atoms with Crippen molar-refractivity contribution in [2.24, 2.45) is 17.8 Å². The van der Waals surface area contributed by atoms with Gasteiger partial charge in [-0.1, -0.05) is 13.8 Å². The maximum absolute atomic E-state index is 10.0. The van der Waals surface area contributed by atoms with E-state index in [4.69, 9.17) is 0 Å². The minimum absolute atomic E-state index is 0.114. The molecule has 0 spiro atoms. The highest BCUT2D eigenvalue weighted by Gasteiger charge is 2.30. The second-order valence-electron chi connectivity index (χ2n) is 5.33. The molecule has 1 N–H and O–H groups in total. The number of aliphatic hydroxyl groups excluding tert-OH is 1. The summed E-state index contributed by atoms with van der Waals surface area (Å²) in [6.45, 7) is 4.59. The van der Waals surface area contributed by atoms with Gasteiger partial charge < -0.3 is 5.11 Å². The van der Waals surface area contributed by atoms with Crippen LogP contribution in [0.2, 0.25) is 0 Å². The van der Waals surface area contributed by atoms with E-state index in [1.165, 1.54) is 6.42 Å². The zero-order chi connectivity index (χ0) is 11.5. The molecule has 1 fully saturated rings. The third-order valence-corrected chi connectivity index (χ3v) is 4.52. The number of hydrogen-bond donors (Lipinski definition) is 1. The molecule has 2 nitrogen and oxygen atoms in total. The summed E-state index contributed by atoms with van der Waals surface area (Å²) in [6, 6.07) is 0. The van der Waals surface area contributed by atoms with E-state index in [9.17, 15) is 5.11 Å². The Morgan fingerprint density at radius 3 is 2.94 bits per heavy atom. The van der Waals surface area contributed by atoms with Crippen LogP contribution < -0.4 is 0 Å². The van der Waals surface area contributed by atoms with Gasteiger partial charge in [0, 0.05) is 5.38 Å². The van der Waals surface area contributed by atoms with Gasteiger partial charge in [-0.2, -0.15) is 0 Å². The number of rotatable bonds is 3. The number of nitrogens with zero attached hydrogens (tertiary/aromatic N) is 1. The fraction of sp³-hybridized carbons (Fsp3) is 0.769. The van der Waals surface area contributed by atoms with Crippen molar-refractivity contribution in [3.8, 4) is 0 Å². The Bertz CT molecular complexity index is 310. The monoisotopic (exact) mass is 239 g/mol. The van der Waals surface area contributed by atoms with Gasteiger partial charge >= 0.3 is 0 Å². The summed E-state index contributed by atoms with van der Waals surface area (Å²) in [5, 5.41) is 12.1. The van der Waals surface area contributed by atoms with Crippen LogP contribution in [0.5, 0.6) is 0 Å². The van der Waals surface area contributed by atoms with Crippen molar-refractivity contribution in [2.45, 2.75) is 45.6 Å². The van der Waals surface area contributed by atoms with Gasteiger partial charge in [-0.25, -0.2) is 4.98 Å². The standard InChI is InChI=1S/C13H21NOS/c1-9(2)10-3-4-13(15)11(5-10)6-12-7-16-8-14-12/h7-11,13,15H,3-6H2,1-2H3. The smallest absolute Gasteiger partial charge is 0.0794 e. The van der Waals surface area contributed by atoms with Crippen LogP contribution in [0, 0.1) is 17.8 Å². The molecule has 0 bridgehead atoms. The normalized spacial score (nSPS) is 30.9. The van der Waals surface area contributed by atoms with Gasteiger partial charge in [0.15, 0.2) is 0 Å². The summed E-state index contributed by atoms with van der Waals surface area (Å²) in [6.07, 6.45) is 4.16. The molecule has 0 amide bonds. The number of thiazole rings is 1. The summed E-state index contributed by atoms with van der Waals surface area (Å²) in [5.41, 5.74) is 3.03. The Morgan fingerprint density at radius 1 is 1.50 bits per heavy atom. The maximum atomic E-state index is 10.0. The summed E-state index contributed by atoms with van der Waals surface area (Å²) < 4.78 is 0. The molecular weight excluding hydrogens is 218 g/mol. The molecule has 2 rings (SSSR count). The zero-order valence-electron chi connectivity index (χ0n) is 10.1. The predicted molar refractivity (Wildman–Crippen MR) is 67.5 cm³/mol. The maximum Gasteiger partial charge on any atom is 0.0794 e. The van der Waals surface area contributed by atoms with Gasteiger partial charge in [0.2, 0.25) is 0 Å². The molecule has 1 saturated carbocycles. The highest BCUT2D eigenvalue weighted by molar-refractivity contribution is 7.07. The van der Waals surface area contributed by atoms with Crippen molar-refractivity contribution in [3.05, 3.63) is 16.6 Å². The first-order chi connectivity index (χ1) is 7.66. The van der Waals surface area contributed by atoms with E-state index in [2.05, 4.69) is 24.2 Å². The van der Waals surface area contributed by atoms with E-state index >= 15 is 0 Å². The van der Waals surface area contributed by atoms with Crippen LogP contribution in [0.25, 0.3) is 0 Å². The largest absolute Gasteiger partial charge is 0.393 e. The van der Waals surface area contributed by atoms with Gasteiger partial charge in [-0.05, 0) is 43.4 Å². The van der Waals surface area contributed by atoms with E-state index in [0.717, 1.165) is 36.8 Å². The number of aliphatic hydroxyl groups is 1. The zero-order valence-corrected chi connectivity index (χ0v) is 10.9. The van der Waals surface area contributed by atoms with Gasteiger partial charge in [-0.3, -0.25) is 0 Å². The molecule has 1 aromatic heterocycles. The molecule has 16 heavy (non-hydrogen) atoms. The summed E-state index contributed by atoms with van der Waals surface area (Å²) in [5.74, 6) is 1.95. The molecular formula is C13H21NOS. The van der Waals surface area contributed by atoms with Crippen LogP contribution in [-0.2, 0) is 6.42 Å². The third kappa shape index (κ3) is 2.83. The van der Waals surface area contributed by atoms with Gasteiger partial charge in [-0.15, -0.1) is 11.3 Å². The van der Waals surface area contributed by atoms with Crippen molar-refractivity contribution in [1.29, 1.82) is 0 Å². The lowest BCUT2D eigenvalue weighted by molar-refractivity contribution is 0.0375. The highest BCUT2D eigenvalue weighted by atomic mass is 32.1. The van der Waals surface area contributed by atoms with Crippen LogP contribution in [0.1, 0.15) is 38.8 Å². The second-order valence-corrected chi connectivity index (χ2v) is 6.05. The molecule has 3 heteroatoms. The Balaban J connectivity index is 1.96. The molecule has 0 aliphatic heterocycles. The van der Waals surface area contributed by atoms with Crippen LogP contribution in [0.4, 0.5) is 0 Å². The minimum atomic E-state index is -0.114. The molecule has 1 aromatic rings. The first-order valence-electron chi connectivity index (χ1n) is 6.22. The van der Waals surface area contributed by atoms with Gasteiger partial charge in [0.1, 0.15) is 0 Å². The van der Waals surface area contributed by atoms with Gasteiger partial charge in [0.05, 0.1) is 17.3 Å². The lowest BCUT2D eigenvalue weighted by atomic mass is 9.73. The topological polar surface area (TPSA) is 33.1 Å². The van der Waals surface area contributed by atoms with E-state index in [0.29, 0.717) is 5.92 Å². The van der Waals surface area contributed by atoms with Crippen LogP contribution >= 0.6 is 11.3 Å². The number of hydrogen-bond acceptors (Lipinski definition) is 3. The summed E-state index contributed by atoms with van der Waals surface area (Å²) in [7, 11) is 0. The molecule has 0 aromatic carbocycles. The molecule has 3 unspecified atom stereocenters. The van der Waals surface area contributed by atoms with Crippen molar-refractivity contribution in [3.63, 3.8) is 0 Å². The SMILES string of the molecule is CC(C)C1CCC(O)C(Cc2cscn2)C1. The van der Waals surface area contributed by atoms with Crippen LogP contribution in [0.15, 0.2) is 10.9 Å². The van der Waals surface area contributed by atoms with Crippen molar-refractivity contribution in [2.75, 3.05) is 0 Å². The first-order valence-corrected chi connectivity index (χ1v) is 7.16. The van der Waals surface area contributed by atoms with Crippen LogP contribution in [-0.4, -0.2) is 16.2 Å². The first kappa shape index (κ1) is 12.1. The van der Waals surface area contributed by atoms with Gasteiger partial charge in [0.25, 0.3) is 0 Å². The Morgan fingerprint density at radius 2 is 2.31 bits per heavy atom. The Hall–Kier alpha value is -0.410. The number of aromatic nitrogens is 1. The Labute approximate surface area is 102 Å². The molecule has 0 radical (unpaired) electrons. The minimum Gasteiger partial charge on any atom is -0.393 e. The lowest BCUT2D eigenvalue weighted by Gasteiger charge is -2.35. The van der Waals surface area contributed by atoms with E-state index in [-0.39, 0.29) is 6.10 Å². The average Bonchev–Trinajstić information content (AvgIpc) is 2.73. The summed E-state index contributed by atoms with van der Waals surface area (Å²) in [4.78, 5) is 4.32. The molecule has 1 heterocycles.